The number of aromatic nitrogens is 1. The Kier molecular flexibility index (Phi) is 5.45. The fourth-order valence-electron chi connectivity index (χ4n) is 2.52. The van der Waals surface area contributed by atoms with Crippen LogP contribution in [0.25, 0.3) is 0 Å². The number of ether oxygens (including phenoxy) is 2. The van der Waals surface area contributed by atoms with Crippen molar-refractivity contribution < 1.29 is 14.3 Å². The first kappa shape index (κ1) is 18.1. The number of nitrogens with one attached hydrogen (secondary N) is 1. The molecule has 0 bridgehead atoms. The highest BCUT2D eigenvalue weighted by molar-refractivity contribution is 5.91. The van der Waals surface area contributed by atoms with Crippen LogP contribution in [0.5, 0.6) is 11.5 Å². The molecule has 0 unspecified atom stereocenters. The molecule has 25 heavy (non-hydrogen) atoms. The lowest BCUT2D eigenvalue weighted by Crippen LogP contribution is -2.31. The molecule has 2 aromatic rings. The summed E-state index contributed by atoms with van der Waals surface area (Å²) in [5.74, 6) is 0.644. The van der Waals surface area contributed by atoms with Gasteiger partial charge in [-0.05, 0) is 37.6 Å². The average molecular weight is 341 g/mol. The number of carbonyl (C=O) groups excluding carboxylic acids is 1. The lowest BCUT2D eigenvalue weighted by molar-refractivity contribution is -0.116. The third-order valence-electron chi connectivity index (χ3n) is 3.79. The van der Waals surface area contributed by atoms with E-state index in [0.29, 0.717) is 28.4 Å². The summed E-state index contributed by atoms with van der Waals surface area (Å²) in [7, 11) is 3.03. The molecule has 0 saturated carbocycles. The van der Waals surface area contributed by atoms with Crippen molar-refractivity contribution in [1.82, 2.24) is 4.57 Å². The molecule has 1 amide bonds. The summed E-state index contributed by atoms with van der Waals surface area (Å²) in [4.78, 5) is 24.6. The lowest BCUT2D eigenvalue weighted by Gasteiger charge is -2.13. The van der Waals surface area contributed by atoms with Crippen LogP contribution in [0.3, 0.4) is 0 Å². The van der Waals surface area contributed by atoms with E-state index in [-0.39, 0.29) is 18.0 Å². The van der Waals surface area contributed by atoms with Crippen molar-refractivity contribution in [2.75, 3.05) is 19.5 Å². The predicted molar refractivity (Wildman–Crippen MR) is 93.1 cm³/mol. The molecule has 0 atom stereocenters. The standard InChI is InChI=1S/C18H19N3O4/c1-11-7-12(2)21(18(23)14(11)9-19)10-17(22)20-13-5-6-15(24-3)16(8-13)25-4/h5-8H,10H2,1-4H3,(H,20,22). The molecule has 0 radical (unpaired) electrons. The number of pyridine rings is 1. The van der Waals surface area contributed by atoms with E-state index in [2.05, 4.69) is 5.32 Å². The maximum atomic E-state index is 12.3. The van der Waals surface area contributed by atoms with Crippen LogP contribution in [0.15, 0.2) is 29.1 Å². The van der Waals surface area contributed by atoms with Crippen LogP contribution in [0.4, 0.5) is 5.69 Å². The minimum atomic E-state index is -0.470. The molecule has 1 aromatic heterocycles. The van der Waals surface area contributed by atoms with Crippen LogP contribution in [0, 0.1) is 25.2 Å². The topological polar surface area (TPSA) is 93.4 Å². The molecule has 7 heteroatoms. The number of carbonyl (C=O) groups is 1. The Morgan fingerprint density at radius 2 is 1.88 bits per heavy atom. The summed E-state index contributed by atoms with van der Waals surface area (Å²) < 4.78 is 11.6. The maximum Gasteiger partial charge on any atom is 0.269 e. The van der Waals surface area contributed by atoms with Crippen LogP contribution in [-0.4, -0.2) is 24.7 Å². The van der Waals surface area contributed by atoms with E-state index in [9.17, 15) is 9.59 Å². The second kappa shape index (κ2) is 7.53. The molecule has 130 valence electrons. The number of nitrogens with zero attached hydrogens (tertiary/aromatic N) is 2. The Morgan fingerprint density at radius 3 is 2.48 bits per heavy atom. The largest absolute Gasteiger partial charge is 0.493 e. The number of rotatable bonds is 5. The van der Waals surface area contributed by atoms with Crippen LogP contribution in [-0.2, 0) is 11.3 Å². The Hall–Kier alpha value is -3.27. The number of aryl methyl sites for hydroxylation is 2. The van der Waals surface area contributed by atoms with E-state index >= 15 is 0 Å². The quantitative estimate of drug-likeness (QED) is 0.898. The van der Waals surface area contributed by atoms with Crippen molar-refractivity contribution in [2.45, 2.75) is 20.4 Å². The molecule has 0 spiro atoms. The number of amides is 1. The molecule has 0 aliphatic carbocycles. The molecule has 0 saturated heterocycles. The molecule has 2 rings (SSSR count). The second-order valence-corrected chi connectivity index (χ2v) is 5.46. The zero-order valence-corrected chi connectivity index (χ0v) is 14.5. The third kappa shape index (κ3) is 3.80. The molecule has 1 heterocycles. The van der Waals surface area contributed by atoms with E-state index in [4.69, 9.17) is 14.7 Å². The predicted octanol–water partition coefficient (Wildman–Crippen LogP) is 1.99. The number of nitriles is 1. The number of benzene rings is 1. The Labute approximate surface area is 145 Å². The van der Waals surface area contributed by atoms with Gasteiger partial charge in [0, 0.05) is 17.4 Å². The van der Waals surface area contributed by atoms with E-state index < -0.39 is 5.56 Å². The molecule has 0 aliphatic rings. The van der Waals surface area contributed by atoms with Crippen LogP contribution in [0.1, 0.15) is 16.8 Å². The van der Waals surface area contributed by atoms with E-state index in [0.717, 1.165) is 0 Å². The summed E-state index contributed by atoms with van der Waals surface area (Å²) in [6.07, 6.45) is 0. The molecule has 7 nitrogen and oxygen atoms in total. The van der Waals surface area contributed by atoms with Crippen molar-refractivity contribution in [2.24, 2.45) is 0 Å². The van der Waals surface area contributed by atoms with Crippen LogP contribution < -0.4 is 20.3 Å². The van der Waals surface area contributed by atoms with Gasteiger partial charge in [0.15, 0.2) is 11.5 Å². The molecule has 0 aliphatic heterocycles. The van der Waals surface area contributed by atoms with Gasteiger partial charge in [-0.3, -0.25) is 9.59 Å². The monoisotopic (exact) mass is 341 g/mol. The zero-order chi connectivity index (χ0) is 18.6. The number of hydrogen-bond acceptors (Lipinski definition) is 5. The van der Waals surface area contributed by atoms with Gasteiger partial charge in [-0.1, -0.05) is 0 Å². The van der Waals surface area contributed by atoms with Crippen molar-refractivity contribution in [3.63, 3.8) is 0 Å². The van der Waals surface area contributed by atoms with Crippen LogP contribution in [0.2, 0.25) is 0 Å². The molecule has 1 aromatic carbocycles. The van der Waals surface area contributed by atoms with Gasteiger partial charge in [0.05, 0.1) is 14.2 Å². The Balaban J connectivity index is 2.25. The second-order valence-electron chi connectivity index (χ2n) is 5.46. The summed E-state index contributed by atoms with van der Waals surface area (Å²) in [6.45, 7) is 3.23. The number of hydrogen-bond donors (Lipinski definition) is 1. The number of methoxy groups -OCH3 is 2. The van der Waals surface area contributed by atoms with Crippen molar-refractivity contribution in [1.29, 1.82) is 5.26 Å². The average Bonchev–Trinajstić information content (AvgIpc) is 2.58. The minimum absolute atomic E-state index is 0.0458. The fourth-order valence-corrected chi connectivity index (χ4v) is 2.52. The van der Waals surface area contributed by atoms with Gasteiger partial charge >= 0.3 is 0 Å². The van der Waals surface area contributed by atoms with E-state index in [1.165, 1.54) is 18.8 Å². The van der Waals surface area contributed by atoms with Gasteiger partial charge < -0.3 is 19.4 Å². The maximum absolute atomic E-state index is 12.3. The summed E-state index contributed by atoms with van der Waals surface area (Å²) in [5.41, 5.74) is 1.30. The molecule has 1 N–H and O–H groups in total. The van der Waals surface area contributed by atoms with E-state index in [1.54, 1.807) is 38.1 Å². The SMILES string of the molecule is COc1ccc(NC(=O)Cn2c(C)cc(C)c(C#N)c2=O)cc1OC. The highest BCUT2D eigenvalue weighted by atomic mass is 16.5. The summed E-state index contributed by atoms with van der Waals surface area (Å²) in [6, 6.07) is 8.57. The van der Waals surface area contributed by atoms with Gasteiger partial charge in [-0.15, -0.1) is 0 Å². The van der Waals surface area contributed by atoms with Crippen molar-refractivity contribution in [3.05, 3.63) is 51.4 Å². The van der Waals surface area contributed by atoms with Gasteiger partial charge in [0.2, 0.25) is 5.91 Å². The van der Waals surface area contributed by atoms with Gasteiger partial charge in [-0.2, -0.15) is 5.26 Å². The summed E-state index contributed by atoms with van der Waals surface area (Å²) in [5, 5.41) is 11.8. The molecular weight excluding hydrogens is 322 g/mol. The highest BCUT2D eigenvalue weighted by Crippen LogP contribution is 2.29. The smallest absolute Gasteiger partial charge is 0.269 e. The van der Waals surface area contributed by atoms with Crippen molar-refractivity contribution in [3.8, 4) is 17.6 Å². The third-order valence-corrected chi connectivity index (χ3v) is 3.79. The fraction of sp³-hybridized carbons (Fsp3) is 0.278. The molecular formula is C18H19N3O4. The normalized spacial score (nSPS) is 10.0. The van der Waals surface area contributed by atoms with Crippen LogP contribution >= 0.6 is 0 Å². The van der Waals surface area contributed by atoms with Gasteiger partial charge in [-0.25, -0.2) is 0 Å². The van der Waals surface area contributed by atoms with E-state index in [1.807, 2.05) is 6.07 Å². The minimum Gasteiger partial charge on any atom is -0.493 e. The van der Waals surface area contributed by atoms with Gasteiger partial charge in [0.25, 0.3) is 5.56 Å². The zero-order valence-electron chi connectivity index (χ0n) is 14.5. The molecule has 0 fully saturated rings. The Bertz CT molecular complexity index is 910. The lowest BCUT2D eigenvalue weighted by atomic mass is 10.1. The first-order valence-electron chi connectivity index (χ1n) is 7.54. The Morgan fingerprint density at radius 1 is 1.20 bits per heavy atom. The summed E-state index contributed by atoms with van der Waals surface area (Å²) >= 11 is 0. The number of anilines is 1. The first-order valence-corrected chi connectivity index (χ1v) is 7.54. The van der Waals surface area contributed by atoms with Crippen molar-refractivity contribution >= 4 is 11.6 Å². The first-order chi connectivity index (χ1) is 11.9. The van der Waals surface area contributed by atoms with Gasteiger partial charge in [0.1, 0.15) is 18.2 Å². The highest BCUT2D eigenvalue weighted by Gasteiger charge is 2.14.